The number of anilines is 1. The lowest BCUT2D eigenvalue weighted by Crippen LogP contribution is -2.14. The van der Waals surface area contributed by atoms with Crippen LogP contribution in [-0.2, 0) is 6.42 Å². The van der Waals surface area contributed by atoms with Gasteiger partial charge in [0.15, 0.2) is 0 Å². The predicted molar refractivity (Wildman–Crippen MR) is 80.0 cm³/mol. The highest BCUT2D eigenvalue weighted by atomic mass is 79.9. The standard InChI is InChI=1S/C13H23BrN4/c1-4-7-12-16-11(14)10-13(17-12)15-8-5-6-9-18(2)3/h10H,4-9H2,1-3H3,(H,15,16,17). The van der Waals surface area contributed by atoms with Gasteiger partial charge in [-0.3, -0.25) is 0 Å². The van der Waals surface area contributed by atoms with E-state index >= 15 is 0 Å². The van der Waals surface area contributed by atoms with Crippen molar-refractivity contribution in [2.45, 2.75) is 32.6 Å². The van der Waals surface area contributed by atoms with E-state index in [-0.39, 0.29) is 0 Å². The SMILES string of the molecule is CCCc1nc(Br)cc(NCCCCN(C)C)n1. The quantitative estimate of drug-likeness (QED) is 0.591. The molecule has 1 aromatic rings. The Morgan fingerprint density at radius 2 is 2.06 bits per heavy atom. The molecule has 0 radical (unpaired) electrons. The molecule has 0 aromatic carbocycles. The third-order valence-corrected chi connectivity index (χ3v) is 2.96. The number of hydrogen-bond acceptors (Lipinski definition) is 4. The van der Waals surface area contributed by atoms with E-state index in [1.807, 2.05) is 6.07 Å². The molecule has 1 rings (SSSR count). The summed E-state index contributed by atoms with van der Waals surface area (Å²) in [5.41, 5.74) is 0. The molecule has 0 aliphatic rings. The van der Waals surface area contributed by atoms with Gasteiger partial charge in [0.05, 0.1) is 0 Å². The Morgan fingerprint density at radius 3 is 2.72 bits per heavy atom. The Bertz CT molecular complexity index is 355. The number of halogens is 1. The average Bonchev–Trinajstić information content (AvgIpc) is 2.28. The van der Waals surface area contributed by atoms with E-state index in [2.05, 4.69) is 57.1 Å². The molecule has 0 unspecified atom stereocenters. The van der Waals surface area contributed by atoms with Gasteiger partial charge in [0, 0.05) is 19.0 Å². The predicted octanol–water partition coefficient (Wildman–Crippen LogP) is 2.95. The van der Waals surface area contributed by atoms with E-state index in [0.29, 0.717) is 0 Å². The second-order valence-corrected chi connectivity index (χ2v) is 5.49. The molecule has 0 bridgehead atoms. The molecule has 0 aliphatic carbocycles. The van der Waals surface area contributed by atoms with Crippen LogP contribution >= 0.6 is 15.9 Å². The van der Waals surface area contributed by atoms with Crippen molar-refractivity contribution < 1.29 is 0 Å². The van der Waals surface area contributed by atoms with Crippen LogP contribution < -0.4 is 5.32 Å². The molecule has 0 atom stereocenters. The van der Waals surface area contributed by atoms with Crippen molar-refractivity contribution in [3.05, 3.63) is 16.5 Å². The molecule has 4 nitrogen and oxygen atoms in total. The van der Waals surface area contributed by atoms with Crippen molar-refractivity contribution in [1.29, 1.82) is 0 Å². The summed E-state index contributed by atoms with van der Waals surface area (Å²) in [6.07, 6.45) is 4.35. The van der Waals surface area contributed by atoms with Gasteiger partial charge in [-0.25, -0.2) is 9.97 Å². The summed E-state index contributed by atoms with van der Waals surface area (Å²) in [6.45, 7) is 4.23. The number of nitrogens with zero attached hydrogens (tertiary/aromatic N) is 3. The fourth-order valence-corrected chi connectivity index (χ4v) is 2.08. The molecule has 18 heavy (non-hydrogen) atoms. The minimum absolute atomic E-state index is 0.858. The lowest BCUT2D eigenvalue weighted by molar-refractivity contribution is 0.396. The van der Waals surface area contributed by atoms with E-state index in [4.69, 9.17) is 0 Å². The topological polar surface area (TPSA) is 41.1 Å². The molecule has 1 heterocycles. The molecule has 0 saturated carbocycles. The van der Waals surface area contributed by atoms with Crippen LogP contribution in [0.1, 0.15) is 32.0 Å². The Labute approximate surface area is 118 Å². The summed E-state index contributed by atoms with van der Waals surface area (Å²) in [6, 6.07) is 1.94. The maximum absolute atomic E-state index is 4.49. The molecule has 1 N–H and O–H groups in total. The van der Waals surface area contributed by atoms with Crippen LogP contribution in [0.2, 0.25) is 0 Å². The van der Waals surface area contributed by atoms with E-state index in [0.717, 1.165) is 48.6 Å². The fraction of sp³-hybridized carbons (Fsp3) is 0.692. The van der Waals surface area contributed by atoms with Crippen LogP contribution in [0, 0.1) is 0 Å². The number of hydrogen-bond donors (Lipinski definition) is 1. The molecule has 1 aromatic heterocycles. The Hall–Kier alpha value is -0.680. The van der Waals surface area contributed by atoms with Gasteiger partial charge < -0.3 is 10.2 Å². The fourth-order valence-electron chi connectivity index (χ4n) is 1.66. The lowest BCUT2D eigenvalue weighted by Gasteiger charge is -2.10. The molecular formula is C13H23BrN4. The number of rotatable bonds is 8. The molecule has 0 amide bonds. The van der Waals surface area contributed by atoms with E-state index in [9.17, 15) is 0 Å². The van der Waals surface area contributed by atoms with Gasteiger partial charge in [0.25, 0.3) is 0 Å². The molecule has 0 saturated heterocycles. The normalized spacial score (nSPS) is 10.9. The first-order valence-electron chi connectivity index (χ1n) is 6.54. The highest BCUT2D eigenvalue weighted by Gasteiger charge is 2.02. The third kappa shape index (κ3) is 6.31. The maximum Gasteiger partial charge on any atom is 0.132 e. The van der Waals surface area contributed by atoms with E-state index < -0.39 is 0 Å². The Morgan fingerprint density at radius 1 is 1.28 bits per heavy atom. The molecule has 102 valence electrons. The van der Waals surface area contributed by atoms with Gasteiger partial charge in [-0.2, -0.15) is 0 Å². The Balaban J connectivity index is 2.37. The van der Waals surface area contributed by atoms with Gasteiger partial charge >= 0.3 is 0 Å². The first-order chi connectivity index (χ1) is 8.61. The first kappa shape index (κ1) is 15.4. The average molecular weight is 315 g/mol. The van der Waals surface area contributed by atoms with Crippen LogP contribution in [0.5, 0.6) is 0 Å². The van der Waals surface area contributed by atoms with Crippen molar-refractivity contribution in [2.24, 2.45) is 0 Å². The van der Waals surface area contributed by atoms with Crippen LogP contribution in [0.4, 0.5) is 5.82 Å². The smallest absolute Gasteiger partial charge is 0.132 e. The maximum atomic E-state index is 4.49. The van der Waals surface area contributed by atoms with Gasteiger partial charge in [-0.05, 0) is 55.8 Å². The molecule has 0 fully saturated rings. The second kappa shape index (κ2) is 8.43. The van der Waals surface area contributed by atoms with Crippen molar-refractivity contribution in [1.82, 2.24) is 14.9 Å². The van der Waals surface area contributed by atoms with Crippen molar-refractivity contribution in [2.75, 3.05) is 32.5 Å². The summed E-state index contributed by atoms with van der Waals surface area (Å²) in [7, 11) is 4.21. The van der Waals surface area contributed by atoms with Crippen LogP contribution in [-0.4, -0.2) is 42.1 Å². The highest BCUT2D eigenvalue weighted by Crippen LogP contribution is 2.13. The minimum atomic E-state index is 0.858. The van der Waals surface area contributed by atoms with E-state index in [1.165, 1.54) is 6.42 Å². The summed E-state index contributed by atoms with van der Waals surface area (Å²) in [5.74, 6) is 1.83. The number of nitrogens with one attached hydrogen (secondary N) is 1. The summed E-state index contributed by atoms with van der Waals surface area (Å²) < 4.78 is 0.858. The van der Waals surface area contributed by atoms with Gasteiger partial charge in [0.2, 0.25) is 0 Å². The first-order valence-corrected chi connectivity index (χ1v) is 7.33. The molecule has 0 spiro atoms. The van der Waals surface area contributed by atoms with Crippen LogP contribution in [0.3, 0.4) is 0 Å². The van der Waals surface area contributed by atoms with Crippen molar-refractivity contribution >= 4 is 21.7 Å². The summed E-state index contributed by atoms with van der Waals surface area (Å²) >= 11 is 3.43. The summed E-state index contributed by atoms with van der Waals surface area (Å²) in [5, 5.41) is 3.36. The summed E-state index contributed by atoms with van der Waals surface area (Å²) in [4.78, 5) is 11.1. The van der Waals surface area contributed by atoms with Crippen molar-refractivity contribution in [3.63, 3.8) is 0 Å². The van der Waals surface area contributed by atoms with E-state index in [1.54, 1.807) is 0 Å². The molecule has 5 heteroatoms. The monoisotopic (exact) mass is 314 g/mol. The van der Waals surface area contributed by atoms with Gasteiger partial charge in [-0.15, -0.1) is 0 Å². The number of unbranched alkanes of at least 4 members (excludes halogenated alkanes) is 1. The zero-order valence-electron chi connectivity index (χ0n) is 11.5. The second-order valence-electron chi connectivity index (χ2n) is 4.68. The minimum Gasteiger partial charge on any atom is -0.370 e. The van der Waals surface area contributed by atoms with Crippen molar-refractivity contribution in [3.8, 4) is 0 Å². The van der Waals surface area contributed by atoms with Crippen LogP contribution in [0.25, 0.3) is 0 Å². The van der Waals surface area contributed by atoms with Gasteiger partial charge in [-0.1, -0.05) is 6.92 Å². The third-order valence-electron chi connectivity index (χ3n) is 2.55. The lowest BCUT2D eigenvalue weighted by atomic mass is 10.3. The molecular weight excluding hydrogens is 292 g/mol. The Kier molecular flexibility index (Phi) is 7.20. The zero-order chi connectivity index (χ0) is 13.4. The van der Waals surface area contributed by atoms with Crippen LogP contribution in [0.15, 0.2) is 10.7 Å². The number of aryl methyl sites for hydroxylation is 1. The number of aromatic nitrogens is 2. The largest absolute Gasteiger partial charge is 0.370 e. The highest BCUT2D eigenvalue weighted by molar-refractivity contribution is 9.10. The zero-order valence-corrected chi connectivity index (χ0v) is 13.1. The molecule has 0 aliphatic heterocycles. The van der Waals surface area contributed by atoms with Gasteiger partial charge in [0.1, 0.15) is 16.2 Å².